The van der Waals surface area contributed by atoms with Gasteiger partial charge in [0.2, 0.25) is 11.8 Å². The predicted octanol–water partition coefficient (Wildman–Crippen LogP) is 1.90. The molecule has 156 valence electrons. The van der Waals surface area contributed by atoms with Crippen LogP contribution in [0.1, 0.15) is 30.9 Å². The van der Waals surface area contributed by atoms with Crippen molar-refractivity contribution in [3.05, 3.63) is 53.9 Å². The summed E-state index contributed by atoms with van der Waals surface area (Å²) in [5, 5.41) is 11.8. The van der Waals surface area contributed by atoms with Crippen molar-refractivity contribution in [2.75, 3.05) is 6.61 Å². The van der Waals surface area contributed by atoms with Gasteiger partial charge in [-0.2, -0.15) is 18.6 Å². The summed E-state index contributed by atoms with van der Waals surface area (Å²) in [5.41, 5.74) is 3.21. The largest absolute Gasteiger partial charge is 0.475 e. The van der Waals surface area contributed by atoms with Crippen molar-refractivity contribution in [2.24, 2.45) is 0 Å². The summed E-state index contributed by atoms with van der Waals surface area (Å²) in [6, 6.07) is 8.83. The van der Waals surface area contributed by atoms with Crippen molar-refractivity contribution in [2.45, 2.75) is 37.8 Å². The first-order valence-corrected chi connectivity index (χ1v) is 11.0. The van der Waals surface area contributed by atoms with Crippen LogP contribution >= 0.6 is 0 Å². The summed E-state index contributed by atoms with van der Waals surface area (Å²) in [6.07, 6.45) is 3.01. The first-order valence-electron chi connectivity index (χ1n) is 9.50. The Bertz CT molecular complexity index is 1200. The maximum absolute atomic E-state index is 12.7. The molecule has 0 saturated carbocycles. The molecule has 1 N–H and O–H groups in total. The minimum absolute atomic E-state index is 0.109. The van der Waals surface area contributed by atoms with Gasteiger partial charge in [-0.1, -0.05) is 32.0 Å². The van der Waals surface area contributed by atoms with E-state index in [0.29, 0.717) is 12.4 Å². The number of amides is 1. The zero-order chi connectivity index (χ0) is 21.3. The van der Waals surface area contributed by atoms with Gasteiger partial charge in [-0.3, -0.25) is 9.48 Å². The average Bonchev–Trinajstić information content (AvgIpc) is 3.17. The summed E-state index contributed by atoms with van der Waals surface area (Å²) in [6.45, 7) is 4.57. The fraction of sp³-hybridized carbons (Fsp3) is 0.300. The number of nitrogens with zero attached hydrogens (tertiary/aromatic N) is 4. The number of ether oxygens (including phenoxy) is 1. The molecule has 0 radical (unpaired) electrons. The zero-order valence-electron chi connectivity index (χ0n) is 16.6. The Hall–Kier alpha value is -3.27. The molecule has 4 rings (SSSR count). The van der Waals surface area contributed by atoms with Crippen LogP contribution in [0.15, 0.2) is 47.8 Å². The number of rotatable bonds is 1. The third-order valence-corrected chi connectivity index (χ3v) is 6.09. The van der Waals surface area contributed by atoms with Crippen molar-refractivity contribution < 1.29 is 17.9 Å². The summed E-state index contributed by atoms with van der Waals surface area (Å²) in [4.78, 5) is 12.7. The highest BCUT2D eigenvalue weighted by atomic mass is 32.2. The number of hydrogen-bond acceptors (Lipinski definition) is 7. The molecule has 4 bridgehead atoms. The Morgan fingerprint density at radius 3 is 2.87 bits per heavy atom. The molecule has 0 fully saturated rings. The van der Waals surface area contributed by atoms with E-state index in [1.54, 1.807) is 12.3 Å². The van der Waals surface area contributed by atoms with E-state index in [2.05, 4.69) is 20.0 Å². The SMILES string of the molecule is CC(C)c1cccc2c1CC(=O)NS(=O)(=O)c1ccn(n1)CCOc1cc-2cnn1. The Balaban J connectivity index is 1.84. The van der Waals surface area contributed by atoms with Crippen LogP contribution in [-0.2, 0) is 27.8 Å². The number of sulfonamides is 1. The van der Waals surface area contributed by atoms with Gasteiger partial charge >= 0.3 is 0 Å². The fourth-order valence-corrected chi connectivity index (χ4v) is 4.36. The van der Waals surface area contributed by atoms with Gasteiger partial charge in [0, 0.05) is 17.8 Å². The van der Waals surface area contributed by atoms with Crippen LogP contribution in [0.3, 0.4) is 0 Å². The number of benzene rings is 1. The van der Waals surface area contributed by atoms with Crippen LogP contribution in [0.4, 0.5) is 0 Å². The van der Waals surface area contributed by atoms with Crippen LogP contribution in [0, 0.1) is 0 Å². The Morgan fingerprint density at radius 1 is 1.23 bits per heavy atom. The molecule has 9 nitrogen and oxygen atoms in total. The van der Waals surface area contributed by atoms with Gasteiger partial charge in [-0.25, -0.2) is 4.72 Å². The molecule has 0 spiro atoms. The lowest BCUT2D eigenvalue weighted by molar-refractivity contribution is -0.118. The van der Waals surface area contributed by atoms with Gasteiger partial charge in [0.1, 0.15) is 6.61 Å². The molecule has 30 heavy (non-hydrogen) atoms. The number of fused-ring (bicyclic) bond motifs is 6. The van der Waals surface area contributed by atoms with E-state index in [-0.39, 0.29) is 24.0 Å². The molecule has 0 unspecified atom stereocenters. The van der Waals surface area contributed by atoms with Gasteiger partial charge in [0.05, 0.1) is 19.2 Å². The van der Waals surface area contributed by atoms with Crippen molar-refractivity contribution in [1.29, 1.82) is 0 Å². The topological polar surface area (TPSA) is 116 Å². The molecule has 1 aliphatic rings. The molecule has 2 aromatic heterocycles. The van der Waals surface area contributed by atoms with E-state index in [0.717, 1.165) is 22.3 Å². The van der Waals surface area contributed by atoms with E-state index in [1.165, 1.54) is 16.9 Å². The zero-order valence-corrected chi connectivity index (χ0v) is 17.4. The highest BCUT2D eigenvalue weighted by Crippen LogP contribution is 2.31. The maximum atomic E-state index is 12.7. The van der Waals surface area contributed by atoms with Crippen molar-refractivity contribution in [1.82, 2.24) is 24.7 Å². The van der Waals surface area contributed by atoms with E-state index in [1.807, 2.05) is 32.0 Å². The molecule has 0 aliphatic carbocycles. The van der Waals surface area contributed by atoms with Crippen LogP contribution in [0.2, 0.25) is 0 Å². The molecular formula is C20H21N5O4S. The molecule has 3 heterocycles. The smallest absolute Gasteiger partial charge is 0.283 e. The molecule has 0 atom stereocenters. The monoisotopic (exact) mass is 427 g/mol. The number of carbonyl (C=O) groups is 1. The van der Waals surface area contributed by atoms with E-state index in [4.69, 9.17) is 4.74 Å². The van der Waals surface area contributed by atoms with Gasteiger partial charge in [-0.05, 0) is 28.7 Å². The van der Waals surface area contributed by atoms with Crippen molar-refractivity contribution >= 4 is 15.9 Å². The highest BCUT2D eigenvalue weighted by molar-refractivity contribution is 7.90. The minimum Gasteiger partial charge on any atom is -0.475 e. The molecule has 0 saturated heterocycles. The van der Waals surface area contributed by atoms with Gasteiger partial charge in [0.25, 0.3) is 10.0 Å². The second-order valence-electron chi connectivity index (χ2n) is 7.28. The van der Waals surface area contributed by atoms with Crippen LogP contribution in [-0.4, -0.2) is 40.9 Å². The Labute approximate surface area is 174 Å². The average molecular weight is 427 g/mol. The normalized spacial score (nSPS) is 16.0. The predicted molar refractivity (Wildman–Crippen MR) is 108 cm³/mol. The summed E-state index contributed by atoms with van der Waals surface area (Å²) < 4.78 is 34.4. The third kappa shape index (κ3) is 4.04. The van der Waals surface area contributed by atoms with Gasteiger partial charge in [0.15, 0.2) is 5.03 Å². The third-order valence-electron chi connectivity index (χ3n) is 4.82. The summed E-state index contributed by atoms with van der Waals surface area (Å²) in [7, 11) is -4.08. The maximum Gasteiger partial charge on any atom is 0.283 e. The lowest BCUT2D eigenvalue weighted by Crippen LogP contribution is -2.32. The quantitative estimate of drug-likeness (QED) is 0.630. The molecule has 3 aromatic rings. The van der Waals surface area contributed by atoms with Gasteiger partial charge < -0.3 is 4.74 Å². The second-order valence-corrected chi connectivity index (χ2v) is 8.91. The lowest BCUT2D eigenvalue weighted by Gasteiger charge is -2.17. The minimum atomic E-state index is -4.08. The molecule has 10 heteroatoms. The fourth-order valence-electron chi connectivity index (χ4n) is 3.43. The molecule has 1 aromatic carbocycles. The van der Waals surface area contributed by atoms with Crippen molar-refractivity contribution in [3.63, 3.8) is 0 Å². The van der Waals surface area contributed by atoms with E-state index in [9.17, 15) is 13.2 Å². The lowest BCUT2D eigenvalue weighted by atomic mass is 9.89. The summed E-state index contributed by atoms with van der Waals surface area (Å²) >= 11 is 0. The first kappa shape index (κ1) is 20.0. The number of carbonyl (C=O) groups excluding carboxylic acids is 1. The molecule has 1 amide bonds. The first-order chi connectivity index (χ1) is 14.3. The van der Waals surface area contributed by atoms with E-state index < -0.39 is 15.9 Å². The highest BCUT2D eigenvalue weighted by Gasteiger charge is 2.23. The standard InChI is InChI=1S/C20H21N5O4S/c1-13(2)15-4-3-5-16-14-10-19(22-21-12-14)29-9-8-25-7-6-20(23-25)30(27,28)24-18(26)11-17(15)16/h3-7,10,12-13H,8-9,11H2,1-2H3,(H,24,26). The van der Waals surface area contributed by atoms with Crippen LogP contribution < -0.4 is 9.46 Å². The Morgan fingerprint density at radius 2 is 2.07 bits per heavy atom. The Kier molecular flexibility index (Phi) is 5.25. The number of aromatic nitrogens is 4. The van der Waals surface area contributed by atoms with Crippen molar-refractivity contribution in [3.8, 4) is 17.0 Å². The number of nitrogens with one attached hydrogen (secondary N) is 1. The van der Waals surface area contributed by atoms with Gasteiger partial charge in [-0.15, -0.1) is 5.10 Å². The number of hydrogen-bond donors (Lipinski definition) is 1. The molecular weight excluding hydrogens is 406 g/mol. The second kappa shape index (κ2) is 7.86. The van der Waals surface area contributed by atoms with Crippen LogP contribution in [0.5, 0.6) is 5.88 Å². The molecule has 1 aliphatic heterocycles. The summed E-state index contributed by atoms with van der Waals surface area (Å²) in [5.74, 6) is -0.160. The van der Waals surface area contributed by atoms with Crippen LogP contribution in [0.25, 0.3) is 11.1 Å². The van der Waals surface area contributed by atoms with E-state index >= 15 is 0 Å².